The number of nitrogens with one attached hydrogen (secondary N) is 3. The average molecular weight is 896 g/mol. The number of anilines is 4. The molecular weight excluding hydrogens is 859 g/mol. The van der Waals surface area contributed by atoms with E-state index in [0.29, 0.717) is 68.5 Å². The molecule has 0 fully saturated rings. The molecule has 6 aromatic heterocycles. The van der Waals surface area contributed by atoms with Crippen LogP contribution in [0.4, 0.5) is 36.6 Å². The van der Waals surface area contributed by atoms with E-state index in [2.05, 4.69) is 60.6 Å². The van der Waals surface area contributed by atoms with Gasteiger partial charge in [0.15, 0.2) is 0 Å². The Morgan fingerprint density at radius 2 is 1.08 bits per heavy atom. The molecule has 3 N–H and O–H groups in total. The molecule has 3 aromatic carbocycles. The first-order valence-electron chi connectivity index (χ1n) is 19.8. The molecule has 0 amide bonds. The number of hydrogen-bond acceptors (Lipinski definition) is 14. The maximum atomic E-state index is 12.7. The molecule has 0 atom stereocenters. The highest BCUT2D eigenvalue weighted by Gasteiger charge is 2.31. The quantitative estimate of drug-likeness (QED) is 0.105. The van der Waals surface area contributed by atoms with Crippen LogP contribution in [-0.4, -0.2) is 60.3 Å². The van der Waals surface area contributed by atoms with Crippen molar-refractivity contribution in [2.75, 3.05) is 30.0 Å². The van der Waals surface area contributed by atoms with Gasteiger partial charge in [0.25, 0.3) is 0 Å². The van der Waals surface area contributed by atoms with E-state index in [1.807, 2.05) is 68.4 Å². The molecule has 18 heteroatoms. The minimum absolute atomic E-state index is 0.337. The van der Waals surface area contributed by atoms with Crippen molar-refractivity contribution in [3.05, 3.63) is 151 Å². The molecule has 0 aliphatic rings. The number of aromatic nitrogens is 8. The third-order valence-corrected chi connectivity index (χ3v) is 10.0. The molecular formula is C47H37ClF3N11O3. The van der Waals surface area contributed by atoms with Gasteiger partial charge in [-0.05, 0) is 85.6 Å². The summed E-state index contributed by atoms with van der Waals surface area (Å²) in [6.45, 7) is 3.89. The first kappa shape index (κ1) is 43.5. The summed E-state index contributed by atoms with van der Waals surface area (Å²) in [5.74, 6) is 3.16. The van der Waals surface area contributed by atoms with Crippen molar-refractivity contribution < 1.29 is 27.4 Å². The topological polar surface area (TPSA) is 167 Å². The third kappa shape index (κ3) is 10.1. The SMILES string of the molecule is CNc1nccc(-c2cccnc2Oc2c(C)ccc3c(Cl)nccc23)n1.CNc1nccc(-c2cccnc2Oc2c(C)ccc3c(Nc4cccc(OC(F)(F)F)c4)nccc23)n1. The predicted octanol–water partition coefficient (Wildman–Crippen LogP) is 11.8. The zero-order chi connectivity index (χ0) is 45.5. The summed E-state index contributed by atoms with van der Waals surface area (Å²) in [6, 6.07) is 27.9. The Kier molecular flexibility index (Phi) is 12.7. The summed E-state index contributed by atoms with van der Waals surface area (Å²) >= 11 is 6.24. The molecule has 65 heavy (non-hydrogen) atoms. The lowest BCUT2D eigenvalue weighted by Gasteiger charge is -2.16. The molecule has 0 spiro atoms. The van der Waals surface area contributed by atoms with Gasteiger partial charge in [-0.3, -0.25) is 0 Å². The molecule has 0 unspecified atom stereocenters. The van der Waals surface area contributed by atoms with Crippen molar-refractivity contribution in [2.24, 2.45) is 0 Å². The second-order valence-corrected chi connectivity index (χ2v) is 14.4. The summed E-state index contributed by atoms with van der Waals surface area (Å²) in [6.07, 6.45) is 5.13. The molecule has 14 nitrogen and oxygen atoms in total. The largest absolute Gasteiger partial charge is 0.573 e. The highest BCUT2D eigenvalue weighted by atomic mass is 35.5. The second-order valence-electron chi connectivity index (χ2n) is 14.0. The van der Waals surface area contributed by atoms with Gasteiger partial charge in [-0.2, -0.15) is 0 Å². The second kappa shape index (κ2) is 19.1. The Bertz CT molecular complexity index is 3160. The van der Waals surface area contributed by atoms with E-state index < -0.39 is 6.36 Å². The van der Waals surface area contributed by atoms with Crippen molar-refractivity contribution in [1.82, 2.24) is 39.9 Å². The normalized spacial score (nSPS) is 11.1. The fourth-order valence-corrected chi connectivity index (χ4v) is 6.92. The van der Waals surface area contributed by atoms with Gasteiger partial charge in [0.1, 0.15) is 28.2 Å². The first-order valence-corrected chi connectivity index (χ1v) is 20.2. The Hall–Kier alpha value is -8.18. The van der Waals surface area contributed by atoms with Crippen molar-refractivity contribution in [2.45, 2.75) is 20.2 Å². The highest BCUT2D eigenvalue weighted by Crippen LogP contribution is 2.40. The minimum atomic E-state index is -4.79. The van der Waals surface area contributed by atoms with E-state index >= 15 is 0 Å². The molecule has 9 aromatic rings. The monoisotopic (exact) mass is 895 g/mol. The van der Waals surface area contributed by atoms with Crippen molar-refractivity contribution >= 4 is 56.5 Å². The number of halogens is 4. The van der Waals surface area contributed by atoms with Gasteiger partial charge in [0.2, 0.25) is 23.7 Å². The number of nitrogens with zero attached hydrogens (tertiary/aromatic N) is 8. The van der Waals surface area contributed by atoms with Gasteiger partial charge >= 0.3 is 6.36 Å². The molecule has 0 aliphatic heterocycles. The standard InChI is InChI=1S/C27H21F3N6O2.C20H16ClN5O/c1-16-8-9-20-19(10-13-32-24(20)35-17-5-3-6-18(15-17)38-27(28,29)30)23(16)37-25-21(7-4-12-33-25)22-11-14-34-26(31-2)36-22;1-12-5-6-14-13(7-10-23-18(14)21)17(12)27-19-15(4-3-9-24-19)16-8-11-25-20(22-2)26-16/h3-15H,1-2H3,(H,32,35)(H,31,34,36);3-11H,1-2H3,(H,22,25,26). The molecule has 326 valence electrons. The van der Waals surface area contributed by atoms with Crippen LogP contribution in [0, 0.1) is 13.8 Å². The molecule has 6 heterocycles. The number of aryl methyl sites for hydroxylation is 2. The zero-order valence-corrected chi connectivity index (χ0v) is 35.8. The van der Waals surface area contributed by atoms with Crippen LogP contribution >= 0.6 is 11.6 Å². The van der Waals surface area contributed by atoms with Gasteiger partial charge < -0.3 is 30.2 Å². The fourth-order valence-electron chi connectivity index (χ4n) is 6.70. The summed E-state index contributed by atoms with van der Waals surface area (Å²) in [5, 5.41) is 12.5. The molecule has 9 rings (SSSR count). The molecule has 0 radical (unpaired) electrons. The lowest BCUT2D eigenvalue weighted by atomic mass is 10.1. The van der Waals surface area contributed by atoms with Gasteiger partial charge in [-0.15, -0.1) is 13.2 Å². The van der Waals surface area contributed by atoms with E-state index in [4.69, 9.17) is 21.1 Å². The van der Waals surface area contributed by atoms with Crippen LogP contribution < -0.4 is 30.2 Å². The van der Waals surface area contributed by atoms with E-state index in [1.165, 1.54) is 18.2 Å². The van der Waals surface area contributed by atoms with Crippen LogP contribution in [0.25, 0.3) is 44.1 Å². The van der Waals surface area contributed by atoms with Crippen LogP contribution in [0.15, 0.2) is 134 Å². The highest BCUT2D eigenvalue weighted by molar-refractivity contribution is 6.34. The van der Waals surface area contributed by atoms with Gasteiger partial charge in [-0.25, -0.2) is 39.9 Å². The average Bonchev–Trinajstić information content (AvgIpc) is 3.31. The lowest BCUT2D eigenvalue weighted by molar-refractivity contribution is -0.274. The fraction of sp³-hybridized carbons (Fsp3) is 0.106. The molecule has 0 saturated carbocycles. The molecule has 0 saturated heterocycles. The Balaban J connectivity index is 0.000000188. The summed E-state index contributed by atoms with van der Waals surface area (Å²) in [5.41, 5.74) is 5.01. The van der Waals surface area contributed by atoms with Crippen LogP contribution in [0.5, 0.6) is 29.0 Å². The third-order valence-electron chi connectivity index (χ3n) is 9.72. The van der Waals surface area contributed by atoms with Crippen LogP contribution in [-0.2, 0) is 0 Å². The zero-order valence-electron chi connectivity index (χ0n) is 35.0. The smallest absolute Gasteiger partial charge is 0.437 e. The number of hydrogen-bond donors (Lipinski definition) is 3. The number of fused-ring (bicyclic) bond motifs is 2. The molecule has 0 bridgehead atoms. The van der Waals surface area contributed by atoms with E-state index in [-0.39, 0.29) is 5.75 Å². The van der Waals surface area contributed by atoms with Crippen molar-refractivity contribution in [3.8, 4) is 51.5 Å². The van der Waals surface area contributed by atoms with E-state index in [1.54, 1.807) is 75.5 Å². The minimum Gasteiger partial charge on any atom is -0.437 e. The predicted molar refractivity (Wildman–Crippen MR) is 244 cm³/mol. The van der Waals surface area contributed by atoms with Gasteiger partial charge in [-0.1, -0.05) is 41.9 Å². The first-order chi connectivity index (χ1) is 31.5. The van der Waals surface area contributed by atoms with Crippen LogP contribution in [0.3, 0.4) is 0 Å². The Morgan fingerprint density at radius 1 is 0.538 bits per heavy atom. The maximum Gasteiger partial charge on any atom is 0.573 e. The number of rotatable bonds is 11. The van der Waals surface area contributed by atoms with Gasteiger partial charge in [0.05, 0.1) is 22.5 Å². The van der Waals surface area contributed by atoms with Crippen LogP contribution in [0.1, 0.15) is 11.1 Å². The summed E-state index contributed by atoms with van der Waals surface area (Å²) in [4.78, 5) is 34.7. The van der Waals surface area contributed by atoms with E-state index in [0.717, 1.165) is 38.5 Å². The van der Waals surface area contributed by atoms with Crippen molar-refractivity contribution in [1.29, 1.82) is 0 Å². The molecule has 0 aliphatic carbocycles. The number of pyridine rings is 4. The summed E-state index contributed by atoms with van der Waals surface area (Å²) in [7, 11) is 3.51. The van der Waals surface area contributed by atoms with E-state index in [9.17, 15) is 13.2 Å². The Labute approximate surface area is 375 Å². The lowest BCUT2D eigenvalue weighted by Crippen LogP contribution is -2.17. The van der Waals surface area contributed by atoms with Crippen LogP contribution in [0.2, 0.25) is 5.15 Å². The maximum absolute atomic E-state index is 12.7. The van der Waals surface area contributed by atoms with Gasteiger partial charge in [0, 0.05) is 84.6 Å². The number of ether oxygens (including phenoxy) is 3. The Morgan fingerprint density at radius 3 is 1.65 bits per heavy atom. The number of benzene rings is 3. The summed E-state index contributed by atoms with van der Waals surface area (Å²) < 4.78 is 54.6. The van der Waals surface area contributed by atoms with Crippen molar-refractivity contribution in [3.63, 3.8) is 0 Å². The number of alkyl halides is 3.